The molecule has 2 aliphatic carbocycles. The van der Waals surface area contributed by atoms with Gasteiger partial charge in [-0.2, -0.15) is 0 Å². The topological polar surface area (TPSA) is 86.0 Å². The van der Waals surface area contributed by atoms with Gasteiger partial charge in [-0.3, -0.25) is 10.7 Å². The Balaban J connectivity index is 1.95. The third-order valence-electron chi connectivity index (χ3n) is 5.66. The van der Waals surface area contributed by atoms with Crippen molar-refractivity contribution in [1.82, 2.24) is 0 Å². The van der Waals surface area contributed by atoms with Crippen LogP contribution >= 0.6 is 0 Å². The maximum absolute atomic E-state index is 6.49. The molecule has 3 aliphatic rings. The zero-order valence-corrected chi connectivity index (χ0v) is 17.5. The molecule has 1 saturated carbocycles. The Morgan fingerprint density at radius 2 is 1.96 bits per heavy atom. The molecule has 152 valence electrons. The van der Waals surface area contributed by atoms with Gasteiger partial charge in [0, 0.05) is 17.8 Å². The molecule has 0 radical (unpaired) electrons. The van der Waals surface area contributed by atoms with Crippen LogP contribution in [0.25, 0.3) is 0 Å². The molecule has 0 spiro atoms. The molecular weight excluding hydrogens is 348 g/mol. The number of hydrogen-bond acceptors (Lipinski definition) is 5. The van der Waals surface area contributed by atoms with Crippen LogP contribution in [0.4, 0.5) is 0 Å². The molecule has 1 heterocycles. The average molecular weight is 383 g/mol. The molecule has 5 nitrogen and oxygen atoms in total. The first-order valence-electron chi connectivity index (χ1n) is 10.6. The van der Waals surface area contributed by atoms with Crippen molar-refractivity contribution in [1.29, 1.82) is 0 Å². The van der Waals surface area contributed by atoms with Crippen LogP contribution in [0.2, 0.25) is 0 Å². The summed E-state index contributed by atoms with van der Waals surface area (Å²) in [5, 5.41) is 0. The Morgan fingerprint density at radius 3 is 2.61 bits per heavy atom. The Kier molecular flexibility index (Phi) is 6.55. The average Bonchev–Trinajstić information content (AvgIpc) is 3.04. The highest BCUT2D eigenvalue weighted by atomic mass is 16.5. The molecule has 1 fully saturated rings. The van der Waals surface area contributed by atoms with Crippen LogP contribution in [0, 0.1) is 5.92 Å². The lowest BCUT2D eigenvalue weighted by atomic mass is 9.89. The third kappa shape index (κ3) is 4.64. The molecule has 1 unspecified atom stereocenters. The summed E-state index contributed by atoms with van der Waals surface area (Å²) in [5.41, 5.74) is 15.8. The van der Waals surface area contributed by atoms with E-state index >= 15 is 0 Å². The van der Waals surface area contributed by atoms with E-state index in [1.54, 1.807) is 0 Å². The van der Waals surface area contributed by atoms with Crippen LogP contribution in [-0.4, -0.2) is 23.9 Å². The summed E-state index contributed by atoms with van der Waals surface area (Å²) < 4.78 is 6.02. The van der Waals surface area contributed by atoms with Gasteiger partial charge in [-0.05, 0) is 46.0 Å². The van der Waals surface area contributed by atoms with E-state index in [4.69, 9.17) is 21.2 Å². The van der Waals surface area contributed by atoms with Gasteiger partial charge in [-0.15, -0.1) is 0 Å². The normalized spacial score (nSPS) is 30.0. The predicted molar refractivity (Wildman–Crippen MR) is 117 cm³/mol. The van der Waals surface area contributed by atoms with E-state index in [0.717, 1.165) is 12.0 Å². The molecule has 1 atom stereocenters. The second-order valence-electron chi connectivity index (χ2n) is 8.14. The number of nitrogens with zero attached hydrogens (tertiary/aromatic N) is 2. The standard InChI is InChI=1S/C23H34N4O/c1-4-26-22-20(16(2)24)27-21(23(3,25)28-22)19-13-9-12-18(14-15-19)17-10-7-5-6-8-11-17/h9,13-15,17H,4-8,10-12,24-25H2,1-3H3/b20-16-,26-22+. The van der Waals surface area contributed by atoms with Crippen LogP contribution in [0.3, 0.4) is 0 Å². The first kappa shape index (κ1) is 20.6. The molecule has 3 rings (SSSR count). The van der Waals surface area contributed by atoms with Gasteiger partial charge in [0.2, 0.25) is 11.6 Å². The van der Waals surface area contributed by atoms with Crippen molar-refractivity contribution < 1.29 is 4.74 Å². The summed E-state index contributed by atoms with van der Waals surface area (Å²) in [6.45, 7) is 6.17. The Hall–Kier alpha value is -2.14. The Morgan fingerprint density at radius 1 is 1.25 bits per heavy atom. The first-order valence-corrected chi connectivity index (χ1v) is 10.6. The van der Waals surface area contributed by atoms with Crippen molar-refractivity contribution in [3.05, 3.63) is 46.8 Å². The van der Waals surface area contributed by atoms with Gasteiger partial charge in [-0.1, -0.05) is 55.6 Å². The van der Waals surface area contributed by atoms with Crippen LogP contribution in [0.1, 0.15) is 65.7 Å². The monoisotopic (exact) mass is 382 g/mol. The van der Waals surface area contributed by atoms with Crippen molar-refractivity contribution in [2.45, 2.75) is 71.4 Å². The highest BCUT2D eigenvalue weighted by molar-refractivity contribution is 6.14. The molecule has 5 heteroatoms. The highest BCUT2D eigenvalue weighted by Crippen LogP contribution is 2.33. The van der Waals surface area contributed by atoms with Crippen LogP contribution in [0.15, 0.2) is 56.8 Å². The van der Waals surface area contributed by atoms with Gasteiger partial charge < -0.3 is 10.5 Å². The zero-order chi connectivity index (χ0) is 20.1. The highest BCUT2D eigenvalue weighted by Gasteiger charge is 2.37. The van der Waals surface area contributed by atoms with E-state index in [-0.39, 0.29) is 0 Å². The maximum Gasteiger partial charge on any atom is 0.239 e. The summed E-state index contributed by atoms with van der Waals surface area (Å²) in [6, 6.07) is 0. The molecule has 0 amide bonds. The van der Waals surface area contributed by atoms with Crippen molar-refractivity contribution in [3.8, 4) is 0 Å². The van der Waals surface area contributed by atoms with E-state index < -0.39 is 5.72 Å². The number of aliphatic imine (C=N–C) groups is 2. The lowest BCUT2D eigenvalue weighted by Crippen LogP contribution is -2.52. The Labute approximate surface area is 169 Å². The zero-order valence-electron chi connectivity index (χ0n) is 17.5. The molecule has 0 bridgehead atoms. The summed E-state index contributed by atoms with van der Waals surface area (Å²) in [7, 11) is 0. The minimum atomic E-state index is -1.05. The van der Waals surface area contributed by atoms with E-state index in [9.17, 15) is 0 Å². The van der Waals surface area contributed by atoms with Gasteiger partial charge >= 0.3 is 0 Å². The molecule has 1 aliphatic heterocycles. The molecule has 0 aromatic heterocycles. The molecule has 0 aromatic carbocycles. The van der Waals surface area contributed by atoms with E-state index in [2.05, 4.69) is 29.3 Å². The van der Waals surface area contributed by atoms with Crippen LogP contribution in [-0.2, 0) is 4.74 Å². The maximum atomic E-state index is 6.49. The lowest BCUT2D eigenvalue weighted by Gasteiger charge is -2.33. The first-order chi connectivity index (χ1) is 13.4. The van der Waals surface area contributed by atoms with Gasteiger partial charge in [0.1, 0.15) is 11.4 Å². The summed E-state index contributed by atoms with van der Waals surface area (Å²) >= 11 is 0. The second-order valence-corrected chi connectivity index (χ2v) is 8.14. The van der Waals surface area contributed by atoms with Crippen molar-refractivity contribution in [2.24, 2.45) is 27.4 Å². The predicted octanol–water partition coefficient (Wildman–Crippen LogP) is 4.52. The van der Waals surface area contributed by atoms with Gasteiger partial charge in [0.15, 0.2) is 0 Å². The summed E-state index contributed by atoms with van der Waals surface area (Å²) in [6.07, 6.45) is 17.8. The summed E-state index contributed by atoms with van der Waals surface area (Å²) in [5.74, 6) is 1.12. The number of ether oxygens (including phenoxy) is 1. The van der Waals surface area contributed by atoms with Gasteiger partial charge in [0.05, 0.1) is 0 Å². The van der Waals surface area contributed by atoms with Crippen molar-refractivity contribution in [3.63, 3.8) is 0 Å². The number of rotatable bonds is 3. The van der Waals surface area contributed by atoms with E-state index in [1.165, 1.54) is 44.1 Å². The molecule has 0 saturated heterocycles. The van der Waals surface area contributed by atoms with Crippen LogP contribution in [0.5, 0.6) is 0 Å². The fourth-order valence-electron chi connectivity index (χ4n) is 4.18. The minimum Gasteiger partial charge on any atom is -0.449 e. The van der Waals surface area contributed by atoms with Gasteiger partial charge in [-0.25, -0.2) is 4.99 Å². The minimum absolute atomic E-state index is 0.420. The lowest BCUT2D eigenvalue weighted by molar-refractivity contribution is 0.150. The van der Waals surface area contributed by atoms with Crippen molar-refractivity contribution in [2.75, 3.05) is 6.54 Å². The number of nitrogens with two attached hydrogens (primary N) is 2. The second kappa shape index (κ2) is 8.91. The fraction of sp³-hybridized carbons (Fsp3) is 0.565. The Bertz CT molecular complexity index is 768. The number of allylic oxidation sites excluding steroid dienone is 6. The SMILES string of the molecule is CC/N=C1/OC(C)(N)C(C2=CC=C(C3CCCCCC3)CC=C2)=N/C1=C(/C)N. The molecule has 4 N–H and O–H groups in total. The molecule has 0 aromatic rings. The van der Waals surface area contributed by atoms with Crippen molar-refractivity contribution >= 4 is 11.6 Å². The fourth-order valence-corrected chi connectivity index (χ4v) is 4.18. The third-order valence-corrected chi connectivity index (χ3v) is 5.66. The van der Waals surface area contributed by atoms with Crippen LogP contribution < -0.4 is 11.5 Å². The smallest absolute Gasteiger partial charge is 0.239 e. The van der Waals surface area contributed by atoms with E-state index in [1.807, 2.05) is 20.8 Å². The quantitative estimate of drug-likeness (QED) is 0.703. The summed E-state index contributed by atoms with van der Waals surface area (Å²) in [4.78, 5) is 9.18. The van der Waals surface area contributed by atoms with Gasteiger partial charge in [0.25, 0.3) is 0 Å². The molecule has 28 heavy (non-hydrogen) atoms. The molecular formula is C23H34N4O. The largest absolute Gasteiger partial charge is 0.449 e. The van der Waals surface area contributed by atoms with E-state index in [0.29, 0.717) is 35.5 Å². The number of hydrogen-bond donors (Lipinski definition) is 2.